The third-order valence-electron chi connectivity index (χ3n) is 3.38. The Labute approximate surface area is 105 Å². The molecule has 1 N–H and O–H groups in total. The van der Waals surface area contributed by atoms with Crippen molar-refractivity contribution in [1.82, 2.24) is 4.98 Å². The van der Waals surface area contributed by atoms with E-state index in [4.69, 9.17) is 5.11 Å². The molecule has 1 atom stereocenters. The minimum atomic E-state index is -1.13. The van der Waals surface area contributed by atoms with Crippen LogP contribution in [0.3, 0.4) is 0 Å². The summed E-state index contributed by atoms with van der Waals surface area (Å²) in [5.74, 6) is -0.713. The molecular weight excluding hydrogens is 235 g/mol. The van der Waals surface area contributed by atoms with Crippen molar-refractivity contribution in [3.05, 3.63) is 23.6 Å². The van der Waals surface area contributed by atoms with E-state index in [1.54, 1.807) is 0 Å². The van der Waals surface area contributed by atoms with Gasteiger partial charge in [0, 0.05) is 13.1 Å². The van der Waals surface area contributed by atoms with E-state index in [1.165, 1.54) is 0 Å². The standard InChI is InChI=1S/C13H17FN2O2/c1-9-3-2-5-16(6-4-9)12-11(13(17)18)7-10(14)8-15-12/h7-9H,2-6H2,1H3,(H,17,18). The van der Waals surface area contributed by atoms with Crippen molar-refractivity contribution in [3.8, 4) is 0 Å². The Kier molecular flexibility index (Phi) is 3.79. The number of carboxylic acids is 1. The van der Waals surface area contributed by atoms with Crippen LogP contribution in [0.5, 0.6) is 0 Å². The van der Waals surface area contributed by atoms with Gasteiger partial charge in [0.05, 0.1) is 6.20 Å². The summed E-state index contributed by atoms with van der Waals surface area (Å²) in [6.07, 6.45) is 4.24. The Hall–Kier alpha value is -1.65. The summed E-state index contributed by atoms with van der Waals surface area (Å²) < 4.78 is 13.1. The number of carboxylic acid groups (broad SMARTS) is 1. The molecule has 0 amide bonds. The first kappa shape index (κ1) is 12.8. The molecule has 1 aliphatic rings. The van der Waals surface area contributed by atoms with Crippen LogP contribution in [0, 0.1) is 11.7 Å². The lowest BCUT2D eigenvalue weighted by Gasteiger charge is -2.23. The topological polar surface area (TPSA) is 53.4 Å². The van der Waals surface area contributed by atoms with Crippen molar-refractivity contribution >= 4 is 11.8 Å². The number of rotatable bonds is 2. The van der Waals surface area contributed by atoms with Crippen molar-refractivity contribution in [2.45, 2.75) is 26.2 Å². The van der Waals surface area contributed by atoms with Crippen molar-refractivity contribution in [2.75, 3.05) is 18.0 Å². The molecule has 18 heavy (non-hydrogen) atoms. The molecule has 0 bridgehead atoms. The molecule has 1 saturated heterocycles. The zero-order valence-electron chi connectivity index (χ0n) is 10.4. The van der Waals surface area contributed by atoms with Gasteiger partial charge in [-0.05, 0) is 31.2 Å². The molecule has 4 nitrogen and oxygen atoms in total. The number of anilines is 1. The molecule has 0 radical (unpaired) electrons. The van der Waals surface area contributed by atoms with Gasteiger partial charge in [-0.15, -0.1) is 0 Å². The van der Waals surface area contributed by atoms with Gasteiger partial charge in [0.15, 0.2) is 0 Å². The average Bonchev–Trinajstić information content (AvgIpc) is 2.54. The van der Waals surface area contributed by atoms with E-state index in [2.05, 4.69) is 11.9 Å². The summed E-state index contributed by atoms with van der Waals surface area (Å²) in [6.45, 7) is 3.75. The Balaban J connectivity index is 2.29. The van der Waals surface area contributed by atoms with E-state index in [9.17, 15) is 9.18 Å². The highest BCUT2D eigenvalue weighted by Gasteiger charge is 2.21. The number of aromatic carboxylic acids is 1. The second-order valence-electron chi connectivity index (χ2n) is 4.85. The Morgan fingerprint density at radius 2 is 2.28 bits per heavy atom. The van der Waals surface area contributed by atoms with Crippen LogP contribution in [0.15, 0.2) is 12.3 Å². The maximum absolute atomic E-state index is 13.1. The molecule has 1 aliphatic heterocycles. The highest BCUT2D eigenvalue weighted by molar-refractivity contribution is 5.93. The lowest BCUT2D eigenvalue weighted by molar-refractivity contribution is 0.0696. The van der Waals surface area contributed by atoms with Gasteiger partial charge in [-0.3, -0.25) is 0 Å². The van der Waals surface area contributed by atoms with E-state index in [0.717, 1.165) is 44.6 Å². The molecule has 1 unspecified atom stereocenters. The van der Waals surface area contributed by atoms with Gasteiger partial charge in [0.2, 0.25) is 0 Å². The fraction of sp³-hybridized carbons (Fsp3) is 0.538. The third-order valence-corrected chi connectivity index (χ3v) is 3.38. The van der Waals surface area contributed by atoms with E-state index < -0.39 is 11.8 Å². The summed E-state index contributed by atoms with van der Waals surface area (Å²) in [6, 6.07) is 1.04. The summed E-state index contributed by atoms with van der Waals surface area (Å²) in [7, 11) is 0. The van der Waals surface area contributed by atoms with E-state index in [-0.39, 0.29) is 5.56 Å². The Morgan fingerprint density at radius 1 is 1.50 bits per heavy atom. The van der Waals surface area contributed by atoms with Gasteiger partial charge in [-0.25, -0.2) is 14.2 Å². The normalized spacial score (nSPS) is 20.6. The summed E-state index contributed by atoms with van der Waals surface area (Å²) >= 11 is 0. The molecule has 0 saturated carbocycles. The molecule has 5 heteroatoms. The molecule has 2 heterocycles. The monoisotopic (exact) mass is 252 g/mol. The molecule has 2 rings (SSSR count). The van der Waals surface area contributed by atoms with Crippen LogP contribution in [0.1, 0.15) is 36.5 Å². The van der Waals surface area contributed by atoms with Crippen LogP contribution < -0.4 is 4.90 Å². The largest absolute Gasteiger partial charge is 0.478 e. The van der Waals surface area contributed by atoms with Crippen molar-refractivity contribution < 1.29 is 14.3 Å². The second-order valence-corrected chi connectivity index (χ2v) is 4.85. The first-order valence-electron chi connectivity index (χ1n) is 6.21. The first-order chi connectivity index (χ1) is 8.58. The van der Waals surface area contributed by atoms with Gasteiger partial charge >= 0.3 is 5.97 Å². The molecule has 0 aromatic carbocycles. The van der Waals surface area contributed by atoms with Crippen LogP contribution in [0.4, 0.5) is 10.2 Å². The minimum absolute atomic E-state index is 0.0513. The number of aromatic nitrogens is 1. The van der Waals surface area contributed by atoms with Crippen LogP contribution in [-0.2, 0) is 0 Å². The summed E-state index contributed by atoms with van der Waals surface area (Å²) in [5, 5.41) is 9.11. The van der Waals surface area contributed by atoms with E-state index >= 15 is 0 Å². The zero-order chi connectivity index (χ0) is 13.1. The highest BCUT2D eigenvalue weighted by Crippen LogP contribution is 2.24. The fourth-order valence-electron chi connectivity index (χ4n) is 2.32. The van der Waals surface area contributed by atoms with Crippen LogP contribution >= 0.6 is 0 Å². The first-order valence-corrected chi connectivity index (χ1v) is 6.21. The molecular formula is C13H17FN2O2. The predicted molar refractivity (Wildman–Crippen MR) is 66.4 cm³/mol. The third kappa shape index (κ3) is 2.78. The van der Waals surface area contributed by atoms with Gasteiger partial charge in [0.25, 0.3) is 0 Å². The number of halogens is 1. The lowest BCUT2D eigenvalue weighted by Crippen LogP contribution is -2.27. The van der Waals surface area contributed by atoms with Gasteiger partial charge in [0.1, 0.15) is 17.2 Å². The smallest absolute Gasteiger partial charge is 0.339 e. The maximum Gasteiger partial charge on any atom is 0.339 e. The number of hydrogen-bond donors (Lipinski definition) is 1. The molecule has 1 fully saturated rings. The van der Waals surface area contributed by atoms with Crippen LogP contribution in [0.25, 0.3) is 0 Å². The van der Waals surface area contributed by atoms with E-state index in [1.807, 2.05) is 4.90 Å². The highest BCUT2D eigenvalue weighted by atomic mass is 19.1. The Bertz CT molecular complexity index is 451. The Morgan fingerprint density at radius 3 is 3.00 bits per heavy atom. The number of carbonyl (C=O) groups is 1. The van der Waals surface area contributed by atoms with Gasteiger partial charge in [-0.2, -0.15) is 0 Å². The fourth-order valence-corrected chi connectivity index (χ4v) is 2.32. The van der Waals surface area contributed by atoms with Crippen LogP contribution in [-0.4, -0.2) is 29.1 Å². The minimum Gasteiger partial charge on any atom is -0.478 e. The van der Waals surface area contributed by atoms with Crippen LogP contribution in [0.2, 0.25) is 0 Å². The quantitative estimate of drug-likeness (QED) is 0.878. The van der Waals surface area contributed by atoms with Gasteiger partial charge < -0.3 is 10.0 Å². The maximum atomic E-state index is 13.1. The second kappa shape index (κ2) is 5.33. The summed E-state index contributed by atoms with van der Waals surface area (Å²) in [4.78, 5) is 17.0. The van der Waals surface area contributed by atoms with Crippen molar-refractivity contribution in [3.63, 3.8) is 0 Å². The number of nitrogens with zero attached hydrogens (tertiary/aromatic N) is 2. The molecule has 1 aromatic heterocycles. The number of pyridine rings is 1. The number of hydrogen-bond acceptors (Lipinski definition) is 3. The van der Waals surface area contributed by atoms with Crippen molar-refractivity contribution in [1.29, 1.82) is 0 Å². The SMILES string of the molecule is CC1CCCN(c2ncc(F)cc2C(=O)O)CC1. The zero-order valence-corrected chi connectivity index (χ0v) is 10.4. The molecule has 98 valence electrons. The van der Waals surface area contributed by atoms with Crippen molar-refractivity contribution in [2.24, 2.45) is 5.92 Å². The molecule has 0 aliphatic carbocycles. The van der Waals surface area contributed by atoms with Gasteiger partial charge in [-0.1, -0.05) is 6.92 Å². The molecule has 0 spiro atoms. The van der Waals surface area contributed by atoms with E-state index in [0.29, 0.717) is 11.7 Å². The predicted octanol–water partition coefficient (Wildman–Crippen LogP) is 2.55. The summed E-state index contributed by atoms with van der Waals surface area (Å²) in [5.41, 5.74) is -0.0513. The lowest BCUT2D eigenvalue weighted by atomic mass is 10.0. The molecule has 1 aromatic rings. The average molecular weight is 252 g/mol.